The van der Waals surface area contributed by atoms with Gasteiger partial charge in [0.25, 0.3) is 0 Å². The van der Waals surface area contributed by atoms with Crippen molar-refractivity contribution in [2.24, 2.45) is 0 Å². The van der Waals surface area contributed by atoms with Crippen LogP contribution in [0.25, 0.3) is 20.4 Å². The van der Waals surface area contributed by atoms with E-state index in [0.29, 0.717) is 10.0 Å². The molecule has 2 N–H and O–H groups in total. The highest BCUT2D eigenvalue weighted by Crippen LogP contribution is 2.36. The van der Waals surface area contributed by atoms with Gasteiger partial charge in [0.1, 0.15) is 0 Å². The Morgan fingerprint density at radius 3 is 1.47 bits per heavy atom. The molecule has 0 saturated carbocycles. The maximum Gasteiger partial charge on any atom is 0.234 e. The minimum atomic E-state index is -0.0618. The molecule has 51 heavy (non-hydrogen) atoms. The smallest absolute Gasteiger partial charge is 0.234 e. The number of benzene rings is 4. The Kier molecular flexibility index (Phi) is 12.0. The van der Waals surface area contributed by atoms with E-state index in [0.717, 1.165) is 69.2 Å². The Morgan fingerprint density at radius 2 is 1.08 bits per heavy atom. The summed E-state index contributed by atoms with van der Waals surface area (Å²) in [6.45, 7) is 12.7. The quantitative estimate of drug-likeness (QED) is 0.120. The number of thiazole rings is 2. The molecule has 0 aliphatic rings. The van der Waals surface area contributed by atoms with E-state index in [9.17, 15) is 9.59 Å². The summed E-state index contributed by atoms with van der Waals surface area (Å²) >= 11 is 18.2. The Hall–Kier alpha value is -3.12. The maximum atomic E-state index is 13.2. The second kappa shape index (κ2) is 16.3. The molecular weight excluding hydrogens is 756 g/mol. The topological polar surface area (TPSA) is 84.0 Å². The van der Waals surface area contributed by atoms with Crippen LogP contribution in [0.4, 0.5) is 11.4 Å². The highest BCUT2D eigenvalue weighted by Gasteiger charge is 2.18. The van der Waals surface area contributed by atoms with Crippen molar-refractivity contribution in [3.05, 3.63) is 104 Å². The largest absolute Gasteiger partial charge is 0.325 e. The third-order valence-electron chi connectivity index (χ3n) is 8.35. The molecule has 0 unspecified atom stereocenters. The molecule has 6 nitrogen and oxygen atoms in total. The highest BCUT2D eigenvalue weighted by atomic mass is 35.5. The molecular formula is C39H38Cl2N4O2S4. The lowest BCUT2D eigenvalue weighted by Crippen LogP contribution is -2.17. The molecule has 4 aromatic carbocycles. The van der Waals surface area contributed by atoms with E-state index in [1.165, 1.54) is 34.7 Å². The van der Waals surface area contributed by atoms with Crippen molar-refractivity contribution in [1.82, 2.24) is 9.97 Å². The van der Waals surface area contributed by atoms with Crippen molar-refractivity contribution < 1.29 is 9.59 Å². The highest BCUT2D eigenvalue weighted by molar-refractivity contribution is 8.02. The number of nitrogens with zero attached hydrogens (tertiary/aromatic N) is 2. The zero-order valence-corrected chi connectivity index (χ0v) is 33.9. The van der Waals surface area contributed by atoms with Gasteiger partial charge >= 0.3 is 0 Å². The van der Waals surface area contributed by atoms with Crippen molar-refractivity contribution in [3.63, 3.8) is 0 Å². The van der Waals surface area contributed by atoms with Crippen LogP contribution in [0.15, 0.2) is 69.3 Å². The van der Waals surface area contributed by atoms with Crippen molar-refractivity contribution in [1.29, 1.82) is 0 Å². The van der Waals surface area contributed by atoms with Crippen LogP contribution < -0.4 is 10.6 Å². The summed E-state index contributed by atoms with van der Waals surface area (Å²) in [5.41, 5.74) is 10.1. The SMILES string of the molecule is Cc1cc(Cc2cc(C)c(NC(=O)CSc3nc4cc(Cl)ccc4s3)c(C(C)C)c2)cc(C(C)C)c1NC(=O)CSc1nc2cc(Cl)ccc2s1. The lowest BCUT2D eigenvalue weighted by molar-refractivity contribution is -0.114. The molecule has 0 aliphatic carbocycles. The van der Waals surface area contributed by atoms with Crippen LogP contribution in [0, 0.1) is 13.8 Å². The predicted octanol–water partition coefficient (Wildman–Crippen LogP) is 12.1. The standard InChI is InChI=1S/C39H38Cl2N4O2S4/c1-20(2)28-14-24(11-22(5)36(28)44-34(46)18-48-38-42-30-16-26(40)7-9-32(30)50-38)13-25-12-23(6)37(29(15-25)21(3)4)45-35(47)19-49-39-43-31-17-27(41)8-10-33(31)51-39/h7-12,14-17,20-21H,13,18-19H2,1-6H3,(H,44,46)(H,45,47). The van der Waals surface area contributed by atoms with E-state index in [-0.39, 0.29) is 35.2 Å². The Morgan fingerprint density at radius 1 is 0.667 bits per heavy atom. The number of carbonyl (C=O) groups excluding carboxylic acids is 2. The molecule has 0 atom stereocenters. The summed E-state index contributed by atoms with van der Waals surface area (Å²) in [4.78, 5) is 35.6. The Balaban J connectivity index is 1.13. The molecule has 264 valence electrons. The number of fused-ring (bicyclic) bond motifs is 2. The van der Waals surface area contributed by atoms with Crippen LogP contribution in [-0.4, -0.2) is 33.3 Å². The first kappa shape index (κ1) is 37.6. The third-order valence-corrected chi connectivity index (χ3v) is 13.2. The summed E-state index contributed by atoms with van der Waals surface area (Å²) in [5, 5.41) is 7.70. The second-order valence-corrected chi connectivity index (χ2v) is 18.5. The molecule has 2 amide bonds. The van der Waals surface area contributed by atoms with Gasteiger partial charge < -0.3 is 10.6 Å². The number of thioether (sulfide) groups is 2. The summed E-state index contributed by atoms with van der Waals surface area (Å²) in [6.07, 6.45) is 0.735. The zero-order valence-electron chi connectivity index (χ0n) is 29.1. The molecule has 12 heteroatoms. The van der Waals surface area contributed by atoms with Gasteiger partial charge in [0.05, 0.1) is 31.9 Å². The van der Waals surface area contributed by atoms with E-state index in [1.807, 2.05) is 36.4 Å². The third kappa shape index (κ3) is 9.28. The number of anilines is 2. The van der Waals surface area contributed by atoms with Crippen molar-refractivity contribution in [2.75, 3.05) is 22.1 Å². The van der Waals surface area contributed by atoms with Gasteiger partial charge in [0.15, 0.2) is 8.68 Å². The predicted molar refractivity (Wildman–Crippen MR) is 221 cm³/mol. The molecule has 0 fully saturated rings. The number of nitrogens with one attached hydrogen (secondary N) is 2. The molecule has 0 saturated heterocycles. The number of hydrogen-bond donors (Lipinski definition) is 2. The number of aryl methyl sites for hydroxylation is 2. The van der Waals surface area contributed by atoms with Crippen LogP contribution in [0.2, 0.25) is 10.0 Å². The minimum absolute atomic E-state index is 0.0618. The average molecular weight is 794 g/mol. The van der Waals surface area contributed by atoms with Crippen LogP contribution in [0.1, 0.15) is 72.9 Å². The Labute approximate surface area is 325 Å². The number of rotatable bonds is 12. The molecule has 2 aromatic heterocycles. The van der Waals surface area contributed by atoms with Gasteiger partial charge in [-0.2, -0.15) is 0 Å². The fraction of sp³-hybridized carbons (Fsp3) is 0.282. The van der Waals surface area contributed by atoms with E-state index < -0.39 is 0 Å². The van der Waals surface area contributed by atoms with Crippen LogP contribution in [0.3, 0.4) is 0 Å². The number of amides is 2. The summed E-state index contributed by atoms with van der Waals surface area (Å²) < 4.78 is 3.78. The first-order valence-electron chi connectivity index (χ1n) is 16.6. The first-order valence-corrected chi connectivity index (χ1v) is 20.9. The fourth-order valence-corrected chi connectivity index (χ4v) is 9.99. The van der Waals surface area contributed by atoms with Crippen LogP contribution >= 0.6 is 69.4 Å². The maximum absolute atomic E-state index is 13.2. The van der Waals surface area contributed by atoms with Gasteiger partial charge in [0.2, 0.25) is 11.8 Å². The monoisotopic (exact) mass is 792 g/mol. The molecule has 0 radical (unpaired) electrons. The first-order chi connectivity index (χ1) is 24.3. The summed E-state index contributed by atoms with van der Waals surface area (Å²) in [7, 11) is 0. The van der Waals surface area contributed by atoms with Gasteiger partial charge in [0, 0.05) is 21.4 Å². The van der Waals surface area contributed by atoms with Gasteiger partial charge in [-0.1, -0.05) is 98.7 Å². The molecule has 6 aromatic rings. The van der Waals surface area contributed by atoms with Crippen molar-refractivity contribution >= 4 is 113 Å². The summed E-state index contributed by atoms with van der Waals surface area (Å²) in [6, 6.07) is 20.1. The lowest BCUT2D eigenvalue weighted by atomic mass is 9.90. The zero-order chi connectivity index (χ0) is 36.4. The van der Waals surface area contributed by atoms with E-state index in [1.54, 1.807) is 22.7 Å². The number of halogens is 2. The Bertz CT molecular complexity index is 2110. The minimum Gasteiger partial charge on any atom is -0.325 e. The van der Waals surface area contributed by atoms with Gasteiger partial charge in [-0.3, -0.25) is 9.59 Å². The van der Waals surface area contributed by atoms with E-state index in [4.69, 9.17) is 23.2 Å². The number of aromatic nitrogens is 2. The van der Waals surface area contributed by atoms with E-state index >= 15 is 0 Å². The number of hydrogen-bond acceptors (Lipinski definition) is 8. The average Bonchev–Trinajstić information content (AvgIpc) is 3.67. The van der Waals surface area contributed by atoms with Gasteiger partial charge in [-0.15, -0.1) is 22.7 Å². The fourth-order valence-electron chi connectivity index (χ4n) is 5.96. The van der Waals surface area contributed by atoms with Crippen LogP contribution in [0.5, 0.6) is 0 Å². The molecule has 6 rings (SSSR count). The van der Waals surface area contributed by atoms with Gasteiger partial charge in [-0.05, 0) is 102 Å². The normalized spacial score (nSPS) is 11.6. The second-order valence-electron chi connectivity index (χ2n) is 13.1. The van der Waals surface area contributed by atoms with Crippen molar-refractivity contribution in [3.8, 4) is 0 Å². The van der Waals surface area contributed by atoms with Crippen LogP contribution in [-0.2, 0) is 16.0 Å². The summed E-state index contributed by atoms with van der Waals surface area (Å²) in [5.74, 6) is 0.834. The molecule has 0 spiro atoms. The lowest BCUT2D eigenvalue weighted by Gasteiger charge is -2.20. The molecule has 0 aliphatic heterocycles. The van der Waals surface area contributed by atoms with Gasteiger partial charge in [-0.25, -0.2) is 9.97 Å². The molecule has 2 heterocycles. The van der Waals surface area contributed by atoms with E-state index in [2.05, 4.69) is 86.4 Å². The number of carbonyl (C=O) groups is 2. The molecule has 0 bridgehead atoms. The van der Waals surface area contributed by atoms with Crippen molar-refractivity contribution in [2.45, 2.75) is 68.5 Å².